The molecule has 0 N–H and O–H groups in total. The van der Waals surface area contributed by atoms with Gasteiger partial charge in [0.25, 0.3) is 0 Å². The van der Waals surface area contributed by atoms with Gasteiger partial charge in [0.1, 0.15) is 0 Å². The van der Waals surface area contributed by atoms with Crippen molar-refractivity contribution in [2.75, 3.05) is 0 Å². The van der Waals surface area contributed by atoms with Crippen LogP contribution in [-0.4, -0.2) is 0 Å². The standard InChI is InChI=1S/C32H18S4/c1-3-7-23-29-21-13-11-19(25-9-5-15-33-25)17-27(21)36-32(29)24(8-4-2)30-22-14-12-20(26-10-6-16-34-26)18-28(22)35-31(23)30/h5-6,9-18H,1-2H3. The highest BCUT2D eigenvalue weighted by molar-refractivity contribution is 7.28. The van der Waals surface area contributed by atoms with Crippen molar-refractivity contribution in [2.45, 2.75) is 13.8 Å². The summed E-state index contributed by atoms with van der Waals surface area (Å²) in [5.74, 6) is 13.4. The van der Waals surface area contributed by atoms with E-state index in [1.807, 2.05) is 36.5 Å². The maximum Gasteiger partial charge on any atom is 0.0531 e. The molecule has 0 aliphatic rings. The van der Waals surface area contributed by atoms with Gasteiger partial charge < -0.3 is 0 Å². The van der Waals surface area contributed by atoms with Gasteiger partial charge in [-0.15, -0.1) is 57.2 Å². The van der Waals surface area contributed by atoms with Crippen LogP contribution in [0.15, 0.2) is 71.4 Å². The van der Waals surface area contributed by atoms with Gasteiger partial charge in [-0.2, -0.15) is 0 Å². The number of hydrogen-bond acceptors (Lipinski definition) is 4. The predicted molar refractivity (Wildman–Crippen MR) is 164 cm³/mol. The van der Waals surface area contributed by atoms with Crippen molar-refractivity contribution in [3.63, 3.8) is 0 Å². The first-order valence-corrected chi connectivity index (χ1v) is 15.0. The summed E-state index contributed by atoms with van der Waals surface area (Å²) in [6.07, 6.45) is 0. The molecule has 0 saturated carbocycles. The SMILES string of the molecule is CC#Cc1c2sc3cc(-c4cccs4)ccc3c2c(C#CC)c2sc3cc(-c4cccs4)ccc3c12. The molecule has 3 aromatic carbocycles. The van der Waals surface area contributed by atoms with E-state index >= 15 is 0 Å². The lowest BCUT2D eigenvalue weighted by Gasteiger charge is -2.05. The fraction of sp³-hybridized carbons (Fsp3) is 0.0625. The van der Waals surface area contributed by atoms with Gasteiger partial charge in [0.2, 0.25) is 0 Å². The van der Waals surface area contributed by atoms with E-state index in [0.717, 1.165) is 11.1 Å². The highest BCUT2D eigenvalue weighted by atomic mass is 32.1. The largest absolute Gasteiger partial charge is 0.144 e. The smallest absolute Gasteiger partial charge is 0.0531 e. The molecule has 4 heteroatoms. The Morgan fingerprint density at radius 1 is 0.583 bits per heavy atom. The molecule has 7 aromatic rings. The zero-order valence-corrected chi connectivity index (χ0v) is 22.8. The van der Waals surface area contributed by atoms with Gasteiger partial charge in [-0.1, -0.05) is 48.2 Å². The van der Waals surface area contributed by atoms with Gasteiger partial charge >= 0.3 is 0 Å². The Morgan fingerprint density at radius 3 is 1.44 bits per heavy atom. The second-order valence-corrected chi connectivity index (χ2v) is 12.5. The van der Waals surface area contributed by atoms with Gasteiger partial charge in [-0.05, 0) is 60.0 Å². The van der Waals surface area contributed by atoms with E-state index in [1.54, 1.807) is 22.7 Å². The Hall–Kier alpha value is -3.38. The molecule has 0 saturated heterocycles. The third-order valence-electron chi connectivity index (χ3n) is 6.45. The molecular weight excluding hydrogens is 513 g/mol. The van der Waals surface area contributed by atoms with Crippen LogP contribution >= 0.6 is 45.3 Å². The molecular formula is C32H18S4. The molecule has 4 heterocycles. The Labute approximate surface area is 225 Å². The molecule has 4 aromatic heterocycles. The molecule has 0 amide bonds. The van der Waals surface area contributed by atoms with Crippen molar-refractivity contribution in [3.8, 4) is 44.6 Å². The van der Waals surface area contributed by atoms with E-state index in [4.69, 9.17) is 0 Å². The first kappa shape index (κ1) is 21.9. The molecule has 0 spiro atoms. The van der Waals surface area contributed by atoms with Crippen molar-refractivity contribution in [3.05, 3.63) is 82.6 Å². The Morgan fingerprint density at radius 2 is 1.06 bits per heavy atom. The monoisotopic (exact) mass is 530 g/mol. The highest BCUT2D eigenvalue weighted by Gasteiger charge is 2.21. The van der Waals surface area contributed by atoms with Crippen molar-refractivity contribution in [1.29, 1.82) is 0 Å². The maximum atomic E-state index is 3.51. The van der Waals surface area contributed by atoms with Crippen LogP contribution in [0.4, 0.5) is 0 Å². The van der Waals surface area contributed by atoms with E-state index in [0.29, 0.717) is 0 Å². The molecule has 0 aliphatic carbocycles. The maximum absolute atomic E-state index is 3.51. The van der Waals surface area contributed by atoms with E-state index in [-0.39, 0.29) is 0 Å². The molecule has 0 unspecified atom stereocenters. The average Bonchev–Trinajstić information content (AvgIpc) is 3.70. The fourth-order valence-corrected chi connectivity index (χ4v) is 8.91. The van der Waals surface area contributed by atoms with Crippen molar-refractivity contribution < 1.29 is 0 Å². The number of hydrogen-bond donors (Lipinski definition) is 0. The third-order valence-corrected chi connectivity index (χ3v) is 10.6. The molecule has 0 radical (unpaired) electrons. The number of thiophene rings is 4. The second-order valence-electron chi connectivity index (χ2n) is 8.49. The van der Waals surface area contributed by atoms with E-state index in [2.05, 4.69) is 95.1 Å². The lowest BCUT2D eigenvalue weighted by molar-refractivity contribution is 1.80. The molecule has 0 fully saturated rings. The summed E-state index contributed by atoms with van der Waals surface area (Å²) in [4.78, 5) is 2.59. The third kappa shape index (κ3) is 3.27. The van der Waals surface area contributed by atoms with Crippen LogP contribution in [0.1, 0.15) is 25.0 Å². The summed E-state index contributed by atoms with van der Waals surface area (Å²) in [5, 5.41) is 9.31. The summed E-state index contributed by atoms with van der Waals surface area (Å²) in [7, 11) is 0. The Kier molecular flexibility index (Phi) is 5.24. The summed E-state index contributed by atoms with van der Waals surface area (Å²) >= 11 is 7.26. The van der Waals surface area contributed by atoms with Crippen LogP contribution in [0, 0.1) is 23.7 Å². The number of rotatable bonds is 2. The molecule has 0 aliphatic heterocycles. The number of benzene rings is 3. The van der Waals surface area contributed by atoms with Crippen LogP contribution < -0.4 is 0 Å². The molecule has 7 rings (SSSR count). The Balaban J connectivity index is 1.62. The molecule has 36 heavy (non-hydrogen) atoms. The first-order valence-electron chi connectivity index (χ1n) is 11.6. The topological polar surface area (TPSA) is 0 Å². The van der Waals surface area contributed by atoms with E-state index in [1.165, 1.54) is 61.2 Å². The lowest BCUT2D eigenvalue weighted by Crippen LogP contribution is -1.85. The molecule has 170 valence electrons. The first-order chi connectivity index (χ1) is 17.8. The second kappa shape index (κ2) is 8.63. The summed E-state index contributed by atoms with van der Waals surface area (Å²) in [6.45, 7) is 3.87. The van der Waals surface area contributed by atoms with E-state index < -0.39 is 0 Å². The summed E-state index contributed by atoms with van der Waals surface area (Å²) < 4.78 is 5.07. The lowest BCUT2D eigenvalue weighted by atomic mass is 9.97. The zero-order valence-electron chi connectivity index (χ0n) is 19.6. The van der Waals surface area contributed by atoms with Crippen molar-refractivity contribution in [2.24, 2.45) is 0 Å². The van der Waals surface area contributed by atoms with Crippen LogP contribution in [0.2, 0.25) is 0 Å². The van der Waals surface area contributed by atoms with Crippen LogP contribution in [-0.2, 0) is 0 Å². The average molecular weight is 531 g/mol. The normalized spacial score (nSPS) is 11.2. The van der Waals surface area contributed by atoms with Gasteiger partial charge in [-0.3, -0.25) is 0 Å². The molecule has 0 bridgehead atoms. The van der Waals surface area contributed by atoms with Gasteiger partial charge in [0, 0.05) is 40.7 Å². The van der Waals surface area contributed by atoms with Crippen molar-refractivity contribution >= 4 is 85.7 Å². The molecule has 0 nitrogen and oxygen atoms in total. The quantitative estimate of drug-likeness (QED) is 0.195. The summed E-state index contributed by atoms with van der Waals surface area (Å²) in [6, 6.07) is 22.3. The van der Waals surface area contributed by atoms with Gasteiger partial charge in [0.05, 0.1) is 20.5 Å². The number of fused-ring (bicyclic) bond motifs is 6. The van der Waals surface area contributed by atoms with Crippen LogP contribution in [0.3, 0.4) is 0 Å². The predicted octanol–water partition coefficient (Wildman–Crippen LogP) is 10.6. The van der Waals surface area contributed by atoms with E-state index in [9.17, 15) is 0 Å². The van der Waals surface area contributed by atoms with Gasteiger partial charge in [0.15, 0.2) is 0 Å². The minimum atomic E-state index is 1.14. The molecule has 0 atom stereocenters. The van der Waals surface area contributed by atoms with Crippen LogP contribution in [0.5, 0.6) is 0 Å². The Bertz CT molecular complexity index is 1900. The van der Waals surface area contributed by atoms with Crippen LogP contribution in [0.25, 0.3) is 61.2 Å². The summed E-state index contributed by atoms with van der Waals surface area (Å²) in [5.41, 5.74) is 4.81. The minimum absolute atomic E-state index is 1.14. The minimum Gasteiger partial charge on any atom is -0.144 e. The van der Waals surface area contributed by atoms with Gasteiger partial charge in [-0.25, -0.2) is 0 Å². The fourth-order valence-electron chi connectivity index (χ4n) is 4.95. The highest BCUT2D eigenvalue weighted by Crippen LogP contribution is 2.48. The zero-order chi connectivity index (χ0) is 24.2. The van der Waals surface area contributed by atoms with Crippen molar-refractivity contribution in [1.82, 2.24) is 0 Å².